The smallest absolute Gasteiger partial charge is 0.231 e. The zero-order valence-electron chi connectivity index (χ0n) is 16.9. The molecule has 2 amide bonds. The van der Waals surface area contributed by atoms with Gasteiger partial charge in [-0.3, -0.25) is 9.59 Å². The van der Waals surface area contributed by atoms with Gasteiger partial charge in [-0.15, -0.1) is 10.2 Å². The predicted molar refractivity (Wildman–Crippen MR) is 119 cm³/mol. The summed E-state index contributed by atoms with van der Waals surface area (Å²) in [7, 11) is 0. The topological polar surface area (TPSA) is 75.2 Å². The second-order valence-corrected chi connectivity index (χ2v) is 8.63. The molecule has 7 heteroatoms. The third-order valence-electron chi connectivity index (χ3n) is 5.24. The van der Waals surface area contributed by atoms with E-state index in [1.54, 1.807) is 4.90 Å². The Morgan fingerprint density at radius 1 is 1.10 bits per heavy atom. The number of nitrogens with zero attached hydrogens (tertiary/aromatic N) is 3. The Kier molecular flexibility index (Phi) is 6.18. The molecule has 1 fully saturated rings. The number of aryl methyl sites for hydroxylation is 3. The van der Waals surface area contributed by atoms with Gasteiger partial charge >= 0.3 is 0 Å². The maximum absolute atomic E-state index is 12.6. The van der Waals surface area contributed by atoms with Crippen LogP contribution in [-0.4, -0.2) is 28.6 Å². The van der Waals surface area contributed by atoms with Gasteiger partial charge in [-0.25, -0.2) is 0 Å². The van der Waals surface area contributed by atoms with Crippen molar-refractivity contribution in [2.75, 3.05) is 16.8 Å². The molecule has 0 bridgehead atoms. The number of rotatable bonds is 7. The minimum Gasteiger partial charge on any atom is -0.312 e. The lowest BCUT2D eigenvalue weighted by atomic mass is 10.1. The van der Waals surface area contributed by atoms with Crippen LogP contribution in [0, 0.1) is 12.8 Å². The monoisotopic (exact) mass is 420 g/mol. The van der Waals surface area contributed by atoms with E-state index >= 15 is 0 Å². The number of carbonyl (C=O) groups is 2. The lowest BCUT2D eigenvalue weighted by Crippen LogP contribution is -2.28. The summed E-state index contributed by atoms with van der Waals surface area (Å²) in [5.41, 5.74) is 3.27. The van der Waals surface area contributed by atoms with Crippen molar-refractivity contribution in [3.63, 3.8) is 0 Å². The summed E-state index contributed by atoms with van der Waals surface area (Å²) in [5, 5.41) is 12.5. The molecule has 30 heavy (non-hydrogen) atoms. The van der Waals surface area contributed by atoms with Crippen LogP contribution in [0.25, 0.3) is 0 Å². The zero-order valence-corrected chi connectivity index (χ0v) is 17.7. The van der Waals surface area contributed by atoms with E-state index in [0.29, 0.717) is 11.7 Å². The first kappa shape index (κ1) is 20.2. The molecule has 1 atom stereocenters. The van der Waals surface area contributed by atoms with E-state index in [9.17, 15) is 9.59 Å². The highest BCUT2D eigenvalue weighted by atomic mass is 32.1. The highest BCUT2D eigenvalue weighted by Gasteiger charge is 2.35. The molecule has 1 aromatic heterocycles. The third kappa shape index (κ3) is 4.91. The maximum atomic E-state index is 12.6. The molecule has 1 N–H and O–H groups in total. The molecule has 0 saturated carbocycles. The van der Waals surface area contributed by atoms with Crippen molar-refractivity contribution in [3.05, 3.63) is 70.7 Å². The Morgan fingerprint density at radius 3 is 2.63 bits per heavy atom. The standard InChI is InChI=1S/C23H24N4O2S/c1-16-10-12-19(13-11-16)27-15-18(14-21(27)28)22(29)24-23-26-25-20(30-23)9-5-8-17-6-3-2-4-7-17/h2-4,6-7,10-13,18H,5,8-9,14-15H2,1H3,(H,24,26,29). The van der Waals surface area contributed by atoms with Crippen LogP contribution in [0.3, 0.4) is 0 Å². The Hall–Kier alpha value is -3.06. The van der Waals surface area contributed by atoms with Crippen molar-refractivity contribution in [1.29, 1.82) is 0 Å². The Morgan fingerprint density at radius 2 is 1.87 bits per heavy atom. The number of nitrogens with one attached hydrogen (secondary N) is 1. The van der Waals surface area contributed by atoms with Gasteiger partial charge in [0.15, 0.2) is 0 Å². The van der Waals surface area contributed by atoms with E-state index in [2.05, 4.69) is 27.6 Å². The average Bonchev–Trinajstić information content (AvgIpc) is 3.36. The molecule has 154 valence electrons. The van der Waals surface area contributed by atoms with Crippen molar-refractivity contribution in [1.82, 2.24) is 10.2 Å². The quantitative estimate of drug-likeness (QED) is 0.627. The first-order chi connectivity index (χ1) is 14.6. The van der Waals surface area contributed by atoms with Gasteiger partial charge in [0.05, 0.1) is 5.92 Å². The number of carbonyl (C=O) groups excluding carboxylic acids is 2. The molecule has 4 rings (SSSR count). The number of benzene rings is 2. The number of hydrogen-bond acceptors (Lipinski definition) is 5. The minimum atomic E-state index is -0.385. The summed E-state index contributed by atoms with van der Waals surface area (Å²) in [6.07, 6.45) is 3.00. The van der Waals surface area contributed by atoms with Crippen LogP contribution in [0.5, 0.6) is 0 Å². The zero-order chi connectivity index (χ0) is 20.9. The lowest BCUT2D eigenvalue weighted by Gasteiger charge is -2.16. The van der Waals surface area contributed by atoms with Crippen LogP contribution in [-0.2, 0) is 22.4 Å². The van der Waals surface area contributed by atoms with E-state index in [0.717, 1.165) is 35.5 Å². The molecule has 1 unspecified atom stereocenters. The van der Waals surface area contributed by atoms with Crippen LogP contribution >= 0.6 is 11.3 Å². The van der Waals surface area contributed by atoms with Gasteiger partial charge < -0.3 is 10.2 Å². The van der Waals surface area contributed by atoms with E-state index in [1.165, 1.54) is 16.9 Å². The number of amides is 2. The molecular formula is C23H24N4O2S. The molecule has 0 spiro atoms. The van der Waals surface area contributed by atoms with E-state index in [-0.39, 0.29) is 24.2 Å². The van der Waals surface area contributed by atoms with Crippen LogP contribution < -0.4 is 10.2 Å². The van der Waals surface area contributed by atoms with Gasteiger partial charge in [-0.2, -0.15) is 0 Å². The van der Waals surface area contributed by atoms with E-state index in [4.69, 9.17) is 0 Å². The summed E-state index contributed by atoms with van der Waals surface area (Å²) in [4.78, 5) is 26.7. The molecule has 1 aliphatic heterocycles. The SMILES string of the molecule is Cc1ccc(N2CC(C(=O)Nc3nnc(CCCc4ccccc4)s3)CC2=O)cc1. The van der Waals surface area contributed by atoms with Gasteiger partial charge in [0.2, 0.25) is 16.9 Å². The van der Waals surface area contributed by atoms with Crippen molar-refractivity contribution in [2.24, 2.45) is 5.92 Å². The van der Waals surface area contributed by atoms with Crippen LogP contribution in [0.2, 0.25) is 0 Å². The Balaban J connectivity index is 1.29. The second-order valence-electron chi connectivity index (χ2n) is 7.57. The van der Waals surface area contributed by atoms with Crippen molar-refractivity contribution < 1.29 is 9.59 Å². The van der Waals surface area contributed by atoms with E-state index in [1.807, 2.05) is 49.4 Å². The van der Waals surface area contributed by atoms with Gasteiger partial charge in [-0.05, 0) is 37.5 Å². The largest absolute Gasteiger partial charge is 0.312 e. The van der Waals surface area contributed by atoms with Crippen molar-refractivity contribution in [3.8, 4) is 0 Å². The van der Waals surface area contributed by atoms with Gasteiger partial charge in [0.25, 0.3) is 0 Å². The molecule has 2 aromatic carbocycles. The molecule has 3 aromatic rings. The van der Waals surface area contributed by atoms with Crippen LogP contribution in [0.15, 0.2) is 54.6 Å². The average molecular weight is 421 g/mol. The summed E-state index contributed by atoms with van der Waals surface area (Å²) in [5.74, 6) is -0.591. The highest BCUT2D eigenvalue weighted by molar-refractivity contribution is 7.15. The molecule has 0 radical (unpaired) electrons. The highest BCUT2D eigenvalue weighted by Crippen LogP contribution is 2.27. The molecule has 0 aliphatic carbocycles. The van der Waals surface area contributed by atoms with Crippen LogP contribution in [0.1, 0.15) is 29.0 Å². The summed E-state index contributed by atoms with van der Waals surface area (Å²) in [6.45, 7) is 2.39. The Bertz CT molecular complexity index is 1020. The third-order valence-corrected chi connectivity index (χ3v) is 6.14. The van der Waals surface area contributed by atoms with Gasteiger partial charge in [0, 0.05) is 25.1 Å². The minimum absolute atomic E-state index is 0.0298. The predicted octanol–water partition coefficient (Wildman–Crippen LogP) is 4.01. The van der Waals surface area contributed by atoms with Crippen molar-refractivity contribution >= 4 is 34.0 Å². The number of anilines is 2. The molecule has 1 aliphatic rings. The lowest BCUT2D eigenvalue weighted by molar-refractivity contribution is -0.122. The molecule has 1 saturated heterocycles. The fourth-order valence-electron chi connectivity index (χ4n) is 3.56. The maximum Gasteiger partial charge on any atom is 0.231 e. The van der Waals surface area contributed by atoms with Gasteiger partial charge in [-0.1, -0.05) is 59.4 Å². The van der Waals surface area contributed by atoms with Gasteiger partial charge in [0.1, 0.15) is 5.01 Å². The fourth-order valence-corrected chi connectivity index (χ4v) is 4.34. The molecule has 6 nitrogen and oxygen atoms in total. The Labute approximate surface area is 180 Å². The fraction of sp³-hybridized carbons (Fsp3) is 0.304. The van der Waals surface area contributed by atoms with E-state index < -0.39 is 0 Å². The second kappa shape index (κ2) is 9.17. The first-order valence-electron chi connectivity index (χ1n) is 10.1. The number of hydrogen-bond donors (Lipinski definition) is 1. The molecule has 2 heterocycles. The van der Waals surface area contributed by atoms with Crippen molar-refractivity contribution in [2.45, 2.75) is 32.6 Å². The summed E-state index contributed by atoms with van der Waals surface area (Å²) >= 11 is 1.40. The summed E-state index contributed by atoms with van der Waals surface area (Å²) in [6, 6.07) is 18.1. The molecular weight excluding hydrogens is 396 g/mol. The summed E-state index contributed by atoms with van der Waals surface area (Å²) < 4.78 is 0. The first-order valence-corrected chi connectivity index (χ1v) is 10.9. The normalized spacial score (nSPS) is 16.1. The number of aromatic nitrogens is 2. The van der Waals surface area contributed by atoms with Crippen LogP contribution in [0.4, 0.5) is 10.8 Å².